The molecule has 4 heteroatoms. The summed E-state index contributed by atoms with van der Waals surface area (Å²) in [4.78, 5) is 12.9. The molecule has 0 bridgehead atoms. The van der Waals surface area contributed by atoms with Crippen LogP contribution in [0.3, 0.4) is 0 Å². The number of methoxy groups -OCH3 is 1. The highest BCUT2D eigenvalue weighted by Crippen LogP contribution is 2.45. The molecule has 0 aromatic heterocycles. The molecule has 0 amide bonds. The molecule has 1 atom stereocenters. The second-order valence-corrected chi connectivity index (χ2v) is 5.33. The Balaban J connectivity index is 1.72. The first-order chi connectivity index (χ1) is 7.63. The van der Waals surface area contributed by atoms with E-state index in [2.05, 4.69) is 4.90 Å². The van der Waals surface area contributed by atoms with Gasteiger partial charge in [0.05, 0.1) is 12.5 Å². The maximum atomic E-state index is 10.6. The maximum absolute atomic E-state index is 10.6. The number of aliphatic carboxylic acids is 1. The van der Waals surface area contributed by atoms with Gasteiger partial charge in [-0.15, -0.1) is 0 Å². The Kier molecular flexibility index (Phi) is 3.50. The summed E-state index contributed by atoms with van der Waals surface area (Å²) >= 11 is 0. The van der Waals surface area contributed by atoms with Gasteiger partial charge < -0.3 is 9.84 Å². The minimum atomic E-state index is -0.775. The smallest absolute Gasteiger partial charge is 0.306 e. The zero-order valence-corrected chi connectivity index (χ0v) is 9.95. The molecule has 1 spiro atoms. The predicted molar refractivity (Wildman–Crippen MR) is 60.4 cm³/mol. The average Bonchev–Trinajstić information content (AvgIpc) is 2.64. The summed E-state index contributed by atoms with van der Waals surface area (Å²) in [6, 6.07) is 0. The standard InChI is InChI=1S/C12H21NO3/c1-16-10(6-11(14)15)7-13-8-12(9-13)4-2-3-5-12/h10H,2-9H2,1H3,(H,14,15). The van der Waals surface area contributed by atoms with E-state index in [-0.39, 0.29) is 12.5 Å². The van der Waals surface area contributed by atoms with Crippen molar-refractivity contribution in [2.75, 3.05) is 26.7 Å². The third kappa shape index (κ3) is 2.55. The number of hydrogen-bond donors (Lipinski definition) is 1. The lowest BCUT2D eigenvalue weighted by Gasteiger charge is -2.49. The van der Waals surface area contributed by atoms with Crippen LogP contribution >= 0.6 is 0 Å². The molecule has 1 saturated carbocycles. The molecule has 2 aliphatic rings. The number of ether oxygens (including phenoxy) is 1. The number of nitrogens with zero attached hydrogens (tertiary/aromatic N) is 1. The fourth-order valence-corrected chi connectivity index (χ4v) is 3.18. The molecule has 1 aliphatic heterocycles. The van der Waals surface area contributed by atoms with Crippen molar-refractivity contribution in [2.45, 2.75) is 38.2 Å². The summed E-state index contributed by atoms with van der Waals surface area (Å²) in [6.07, 6.45) is 5.42. The minimum Gasteiger partial charge on any atom is -0.481 e. The van der Waals surface area contributed by atoms with Gasteiger partial charge in [-0.1, -0.05) is 12.8 Å². The van der Waals surface area contributed by atoms with E-state index in [1.54, 1.807) is 7.11 Å². The number of carboxylic acids is 1. The molecule has 1 unspecified atom stereocenters. The van der Waals surface area contributed by atoms with Crippen LogP contribution in [0.2, 0.25) is 0 Å². The molecule has 0 aromatic rings. The highest BCUT2D eigenvalue weighted by Gasteiger charge is 2.44. The SMILES string of the molecule is COC(CC(=O)O)CN1CC2(CCCC2)C1. The van der Waals surface area contributed by atoms with Crippen molar-refractivity contribution < 1.29 is 14.6 Å². The largest absolute Gasteiger partial charge is 0.481 e. The Hall–Kier alpha value is -0.610. The fraction of sp³-hybridized carbons (Fsp3) is 0.917. The molecular weight excluding hydrogens is 206 g/mol. The monoisotopic (exact) mass is 227 g/mol. The van der Waals surface area contributed by atoms with Gasteiger partial charge in [0.15, 0.2) is 0 Å². The first-order valence-corrected chi connectivity index (χ1v) is 6.10. The van der Waals surface area contributed by atoms with Crippen LogP contribution in [-0.4, -0.2) is 48.8 Å². The van der Waals surface area contributed by atoms with Gasteiger partial charge in [0, 0.05) is 26.7 Å². The molecule has 1 aliphatic carbocycles. The molecule has 1 N–H and O–H groups in total. The lowest BCUT2D eigenvalue weighted by molar-refractivity contribution is -0.140. The van der Waals surface area contributed by atoms with E-state index >= 15 is 0 Å². The summed E-state index contributed by atoms with van der Waals surface area (Å²) in [7, 11) is 1.60. The van der Waals surface area contributed by atoms with E-state index in [9.17, 15) is 4.79 Å². The van der Waals surface area contributed by atoms with Crippen molar-refractivity contribution in [2.24, 2.45) is 5.41 Å². The van der Waals surface area contributed by atoms with Crippen molar-refractivity contribution in [1.29, 1.82) is 0 Å². The Morgan fingerprint density at radius 2 is 2.06 bits per heavy atom. The van der Waals surface area contributed by atoms with E-state index in [4.69, 9.17) is 9.84 Å². The molecule has 16 heavy (non-hydrogen) atoms. The molecule has 0 radical (unpaired) electrons. The lowest BCUT2D eigenvalue weighted by atomic mass is 9.78. The summed E-state index contributed by atoms with van der Waals surface area (Å²) in [5, 5.41) is 8.73. The predicted octanol–water partition coefficient (Wildman–Crippen LogP) is 1.35. The highest BCUT2D eigenvalue weighted by molar-refractivity contribution is 5.67. The quantitative estimate of drug-likeness (QED) is 0.770. The number of carboxylic acid groups (broad SMARTS) is 1. The second kappa shape index (κ2) is 4.72. The van der Waals surface area contributed by atoms with Crippen LogP contribution in [0, 0.1) is 5.41 Å². The molecule has 92 valence electrons. The number of carbonyl (C=O) groups is 1. The van der Waals surface area contributed by atoms with Gasteiger partial charge in [0.2, 0.25) is 0 Å². The zero-order chi connectivity index (χ0) is 11.6. The molecule has 2 rings (SSSR count). The van der Waals surface area contributed by atoms with Crippen molar-refractivity contribution >= 4 is 5.97 Å². The highest BCUT2D eigenvalue weighted by atomic mass is 16.5. The van der Waals surface area contributed by atoms with Gasteiger partial charge in [-0.05, 0) is 18.3 Å². The Bertz CT molecular complexity index is 253. The number of rotatable bonds is 5. The van der Waals surface area contributed by atoms with Crippen LogP contribution < -0.4 is 0 Å². The van der Waals surface area contributed by atoms with Crippen LogP contribution in [0.4, 0.5) is 0 Å². The molecule has 1 heterocycles. The van der Waals surface area contributed by atoms with E-state index in [0.717, 1.165) is 19.6 Å². The van der Waals surface area contributed by atoms with Crippen LogP contribution in [-0.2, 0) is 9.53 Å². The van der Waals surface area contributed by atoms with Gasteiger partial charge >= 0.3 is 5.97 Å². The zero-order valence-electron chi connectivity index (χ0n) is 9.95. The van der Waals surface area contributed by atoms with E-state index in [1.807, 2.05) is 0 Å². The Morgan fingerprint density at radius 1 is 1.44 bits per heavy atom. The normalized spacial score (nSPS) is 25.6. The molecule has 4 nitrogen and oxygen atoms in total. The molecule has 0 aromatic carbocycles. The molecular formula is C12H21NO3. The van der Waals surface area contributed by atoms with Crippen LogP contribution in [0.5, 0.6) is 0 Å². The number of hydrogen-bond acceptors (Lipinski definition) is 3. The van der Waals surface area contributed by atoms with Crippen molar-refractivity contribution in [3.8, 4) is 0 Å². The van der Waals surface area contributed by atoms with E-state index in [0.29, 0.717) is 5.41 Å². The first-order valence-electron chi connectivity index (χ1n) is 6.10. The summed E-state index contributed by atoms with van der Waals surface area (Å²) in [5.41, 5.74) is 0.585. The third-order valence-electron chi connectivity index (χ3n) is 3.98. The molecule has 1 saturated heterocycles. The van der Waals surface area contributed by atoms with Crippen LogP contribution in [0.15, 0.2) is 0 Å². The van der Waals surface area contributed by atoms with Gasteiger partial charge in [-0.2, -0.15) is 0 Å². The van der Waals surface area contributed by atoms with E-state index in [1.165, 1.54) is 25.7 Å². The van der Waals surface area contributed by atoms with Crippen molar-refractivity contribution in [3.63, 3.8) is 0 Å². The maximum Gasteiger partial charge on any atom is 0.306 e. The molecule has 2 fully saturated rings. The number of likely N-dealkylation sites (tertiary alicyclic amines) is 1. The summed E-state index contributed by atoms with van der Waals surface area (Å²) in [5.74, 6) is -0.775. The minimum absolute atomic E-state index is 0.111. The van der Waals surface area contributed by atoms with Gasteiger partial charge in [-0.3, -0.25) is 9.69 Å². The summed E-state index contributed by atoms with van der Waals surface area (Å²) < 4.78 is 5.20. The van der Waals surface area contributed by atoms with E-state index < -0.39 is 5.97 Å². The van der Waals surface area contributed by atoms with Crippen molar-refractivity contribution in [3.05, 3.63) is 0 Å². The topological polar surface area (TPSA) is 49.8 Å². The average molecular weight is 227 g/mol. The van der Waals surface area contributed by atoms with Gasteiger partial charge in [-0.25, -0.2) is 0 Å². The summed E-state index contributed by atoms with van der Waals surface area (Å²) in [6.45, 7) is 3.06. The van der Waals surface area contributed by atoms with Gasteiger partial charge in [0.25, 0.3) is 0 Å². The lowest BCUT2D eigenvalue weighted by Crippen LogP contribution is -2.56. The third-order valence-corrected chi connectivity index (χ3v) is 3.98. The second-order valence-electron chi connectivity index (χ2n) is 5.33. The van der Waals surface area contributed by atoms with Crippen molar-refractivity contribution in [1.82, 2.24) is 4.90 Å². The first kappa shape index (κ1) is 11.9. The van der Waals surface area contributed by atoms with Crippen LogP contribution in [0.25, 0.3) is 0 Å². The Morgan fingerprint density at radius 3 is 2.56 bits per heavy atom. The van der Waals surface area contributed by atoms with Crippen LogP contribution in [0.1, 0.15) is 32.1 Å². The van der Waals surface area contributed by atoms with Gasteiger partial charge in [0.1, 0.15) is 0 Å². The fourth-order valence-electron chi connectivity index (χ4n) is 3.18. The Labute approximate surface area is 96.6 Å².